The van der Waals surface area contributed by atoms with E-state index >= 15 is 0 Å². The van der Waals surface area contributed by atoms with Gasteiger partial charge in [0.25, 0.3) is 5.69 Å². The Balaban J connectivity index is 1.47. The molecule has 0 spiro atoms. The number of nitro benzene ring substituents is 1. The number of ether oxygens (including phenoxy) is 1. The van der Waals surface area contributed by atoms with Crippen LogP contribution >= 0.6 is 11.8 Å². The van der Waals surface area contributed by atoms with Crippen molar-refractivity contribution in [2.75, 3.05) is 6.61 Å². The summed E-state index contributed by atoms with van der Waals surface area (Å²) in [4.78, 5) is 34.3. The van der Waals surface area contributed by atoms with Crippen LogP contribution in [0.15, 0.2) is 71.3 Å². The Kier molecular flexibility index (Phi) is 6.80. The maximum atomic E-state index is 12.1. The third-order valence-corrected chi connectivity index (χ3v) is 5.04. The lowest BCUT2D eigenvalue weighted by atomic mass is 10.1. The van der Waals surface area contributed by atoms with E-state index in [-0.39, 0.29) is 11.3 Å². The molecule has 0 aliphatic rings. The van der Waals surface area contributed by atoms with Gasteiger partial charge in [-0.2, -0.15) is 0 Å². The summed E-state index contributed by atoms with van der Waals surface area (Å²) in [6, 6.07) is 15.9. The highest BCUT2D eigenvalue weighted by atomic mass is 32.2. The molecule has 0 bridgehead atoms. The van der Waals surface area contributed by atoms with Crippen LogP contribution in [0.3, 0.4) is 0 Å². The quantitative estimate of drug-likeness (QED) is 0.218. The molecule has 148 valence electrons. The van der Waals surface area contributed by atoms with Gasteiger partial charge in [-0.1, -0.05) is 12.1 Å². The van der Waals surface area contributed by atoms with Crippen LogP contribution in [0, 0.1) is 10.1 Å². The molecule has 0 fully saturated rings. The smallest absolute Gasteiger partial charge is 0.338 e. The second-order valence-corrected chi connectivity index (χ2v) is 7.06. The maximum Gasteiger partial charge on any atom is 0.338 e. The number of nitro groups is 1. The summed E-state index contributed by atoms with van der Waals surface area (Å²) < 4.78 is 10.3. The van der Waals surface area contributed by atoms with Crippen LogP contribution < -0.4 is 0 Å². The Labute approximate surface area is 170 Å². The third kappa shape index (κ3) is 5.79. The molecule has 0 saturated heterocycles. The maximum absolute atomic E-state index is 12.1. The molecule has 0 N–H and O–H groups in total. The predicted molar refractivity (Wildman–Crippen MR) is 108 cm³/mol. The van der Waals surface area contributed by atoms with E-state index < -0.39 is 23.3 Å². The van der Waals surface area contributed by atoms with Crippen molar-refractivity contribution in [1.82, 2.24) is 0 Å². The van der Waals surface area contributed by atoms with E-state index in [0.717, 1.165) is 22.8 Å². The molecule has 0 radical (unpaired) electrons. The van der Waals surface area contributed by atoms with Crippen molar-refractivity contribution in [1.29, 1.82) is 0 Å². The van der Waals surface area contributed by atoms with E-state index in [0.29, 0.717) is 5.56 Å². The van der Waals surface area contributed by atoms with E-state index in [1.807, 2.05) is 24.3 Å². The van der Waals surface area contributed by atoms with E-state index in [4.69, 9.17) is 9.15 Å². The van der Waals surface area contributed by atoms with Crippen molar-refractivity contribution >= 4 is 29.2 Å². The van der Waals surface area contributed by atoms with Gasteiger partial charge in [0.05, 0.1) is 22.5 Å². The van der Waals surface area contributed by atoms with Gasteiger partial charge in [0.15, 0.2) is 12.4 Å². The fourth-order valence-electron chi connectivity index (χ4n) is 2.47. The molecule has 8 heteroatoms. The Hall–Kier alpha value is -3.39. The Morgan fingerprint density at radius 3 is 2.28 bits per heavy atom. The lowest BCUT2D eigenvalue weighted by Gasteiger charge is -2.06. The highest BCUT2D eigenvalue weighted by Crippen LogP contribution is 2.19. The van der Waals surface area contributed by atoms with Crippen molar-refractivity contribution in [2.45, 2.75) is 11.5 Å². The average molecular weight is 411 g/mol. The number of rotatable bonds is 9. The molecule has 0 aliphatic heterocycles. The second-order valence-electron chi connectivity index (χ2n) is 6.07. The second kappa shape index (κ2) is 9.70. The normalized spacial score (nSPS) is 10.5. The van der Waals surface area contributed by atoms with Gasteiger partial charge >= 0.3 is 5.97 Å². The van der Waals surface area contributed by atoms with Crippen LogP contribution in [0.4, 0.5) is 5.69 Å². The number of furan rings is 1. The molecule has 29 heavy (non-hydrogen) atoms. The molecule has 3 rings (SSSR count). The highest BCUT2D eigenvalue weighted by Gasteiger charge is 2.13. The van der Waals surface area contributed by atoms with Crippen LogP contribution in [-0.2, 0) is 16.2 Å². The fraction of sp³-hybridized carbons (Fsp3) is 0.143. The lowest BCUT2D eigenvalue weighted by Crippen LogP contribution is -2.14. The van der Waals surface area contributed by atoms with Crippen LogP contribution in [0.25, 0.3) is 0 Å². The summed E-state index contributed by atoms with van der Waals surface area (Å²) in [7, 11) is 0. The standard InChI is InChI=1S/C21H17NO6S/c23-20(16-7-9-18(10-8-16)22(25)26)12-28-21(24)17-5-3-15(4-6-17)13-29-14-19-2-1-11-27-19/h1-11H,12-14H2. The van der Waals surface area contributed by atoms with Crippen LogP contribution in [0.2, 0.25) is 0 Å². The molecule has 0 saturated carbocycles. The molecule has 1 aromatic heterocycles. The van der Waals surface area contributed by atoms with E-state index in [1.54, 1.807) is 30.2 Å². The van der Waals surface area contributed by atoms with Gasteiger partial charge in [-0.25, -0.2) is 4.79 Å². The van der Waals surface area contributed by atoms with E-state index in [1.165, 1.54) is 24.3 Å². The molecule has 1 heterocycles. The molecule has 0 amide bonds. The summed E-state index contributed by atoms with van der Waals surface area (Å²) in [5, 5.41) is 10.6. The van der Waals surface area contributed by atoms with Crippen LogP contribution in [-0.4, -0.2) is 23.3 Å². The minimum atomic E-state index is -0.602. The van der Waals surface area contributed by atoms with E-state index in [9.17, 15) is 19.7 Å². The molecular formula is C21H17NO6S. The zero-order valence-electron chi connectivity index (χ0n) is 15.3. The van der Waals surface area contributed by atoms with E-state index in [2.05, 4.69) is 0 Å². The van der Waals surface area contributed by atoms with Crippen LogP contribution in [0.5, 0.6) is 0 Å². The number of ketones is 1. The van der Waals surface area contributed by atoms with Crippen molar-refractivity contribution in [2.24, 2.45) is 0 Å². The molecular weight excluding hydrogens is 394 g/mol. The molecule has 2 aromatic carbocycles. The minimum absolute atomic E-state index is 0.110. The number of benzene rings is 2. The van der Waals surface area contributed by atoms with Gasteiger partial charge in [-0.3, -0.25) is 14.9 Å². The number of carbonyl (C=O) groups excluding carboxylic acids is 2. The molecule has 7 nitrogen and oxygen atoms in total. The summed E-state index contributed by atoms with van der Waals surface area (Å²) >= 11 is 1.70. The van der Waals surface area contributed by atoms with Gasteiger partial charge in [0.1, 0.15) is 5.76 Å². The monoisotopic (exact) mass is 411 g/mol. The van der Waals surface area contributed by atoms with Crippen LogP contribution in [0.1, 0.15) is 32.0 Å². The summed E-state index contributed by atoms with van der Waals surface area (Å²) in [5.41, 5.74) is 1.54. The number of Topliss-reactive ketones (excluding diaryl/α,β-unsaturated/α-hetero) is 1. The number of hydrogen-bond donors (Lipinski definition) is 0. The van der Waals surface area contributed by atoms with Crippen molar-refractivity contribution in [3.05, 3.63) is 99.5 Å². The summed E-state index contributed by atoms with van der Waals surface area (Å²) in [6.45, 7) is -0.433. The van der Waals surface area contributed by atoms with Gasteiger partial charge in [-0.15, -0.1) is 11.8 Å². The van der Waals surface area contributed by atoms with Crippen molar-refractivity contribution in [3.63, 3.8) is 0 Å². The fourth-order valence-corrected chi connectivity index (χ4v) is 3.36. The first-order chi connectivity index (χ1) is 14.0. The summed E-state index contributed by atoms with van der Waals surface area (Å²) in [5.74, 6) is 1.41. The molecule has 0 unspecified atom stereocenters. The van der Waals surface area contributed by atoms with Gasteiger partial charge in [-0.05, 0) is 42.0 Å². The molecule has 0 aliphatic carbocycles. The topological polar surface area (TPSA) is 99.7 Å². The first-order valence-electron chi connectivity index (χ1n) is 8.67. The van der Waals surface area contributed by atoms with Gasteiger partial charge < -0.3 is 9.15 Å². The van der Waals surface area contributed by atoms with Gasteiger partial charge in [0.2, 0.25) is 0 Å². The zero-order valence-corrected chi connectivity index (χ0v) is 16.1. The Morgan fingerprint density at radius 1 is 0.966 bits per heavy atom. The Bertz CT molecular complexity index is 981. The molecule has 0 atom stereocenters. The SMILES string of the molecule is O=C(COC(=O)c1ccc(CSCc2ccco2)cc1)c1ccc([N+](=O)[O-])cc1. The number of nitrogens with zero attached hydrogens (tertiary/aromatic N) is 1. The van der Waals surface area contributed by atoms with Crippen molar-refractivity contribution < 1.29 is 23.7 Å². The summed E-state index contributed by atoms with van der Waals surface area (Å²) in [6.07, 6.45) is 1.64. The Morgan fingerprint density at radius 2 is 1.66 bits per heavy atom. The van der Waals surface area contributed by atoms with Crippen molar-refractivity contribution in [3.8, 4) is 0 Å². The number of esters is 1. The third-order valence-electron chi connectivity index (χ3n) is 4.02. The first kappa shape index (κ1) is 20.3. The average Bonchev–Trinajstić information content (AvgIpc) is 3.26. The largest absolute Gasteiger partial charge is 0.468 e. The predicted octanol–water partition coefficient (Wildman–Crippen LogP) is 4.66. The number of carbonyl (C=O) groups is 2. The lowest BCUT2D eigenvalue weighted by molar-refractivity contribution is -0.384. The van der Waals surface area contributed by atoms with Gasteiger partial charge in [0, 0.05) is 23.4 Å². The number of thioether (sulfide) groups is 1. The first-order valence-corrected chi connectivity index (χ1v) is 9.82. The number of hydrogen-bond acceptors (Lipinski definition) is 7. The zero-order chi connectivity index (χ0) is 20.6. The molecule has 3 aromatic rings. The minimum Gasteiger partial charge on any atom is -0.468 e. The number of non-ortho nitro benzene ring substituents is 1. The highest BCUT2D eigenvalue weighted by molar-refractivity contribution is 7.97.